The monoisotopic (exact) mass is 450 g/mol. The lowest BCUT2D eigenvalue weighted by Gasteiger charge is -2.07. The molecule has 0 aliphatic rings. The van der Waals surface area contributed by atoms with Crippen LogP contribution in [0.2, 0.25) is 0 Å². The van der Waals surface area contributed by atoms with E-state index in [4.69, 9.17) is 9.84 Å². The Balaban J connectivity index is 1.49. The Morgan fingerprint density at radius 2 is 1.91 bits per heavy atom. The number of nitrogens with one attached hydrogen (secondary N) is 1. The summed E-state index contributed by atoms with van der Waals surface area (Å²) in [5, 5.41) is 7.67. The number of carbonyl (C=O) groups excluding carboxylic acids is 1. The molecular formula is C26H22N6O2. The number of methoxy groups -OCH3 is 1. The number of carbonyl (C=O) groups is 1. The summed E-state index contributed by atoms with van der Waals surface area (Å²) in [5.41, 5.74) is 4.36. The van der Waals surface area contributed by atoms with E-state index in [0.29, 0.717) is 28.5 Å². The van der Waals surface area contributed by atoms with E-state index in [1.54, 1.807) is 53.5 Å². The molecule has 0 saturated carbocycles. The number of imidazole rings is 1. The molecule has 3 aromatic heterocycles. The van der Waals surface area contributed by atoms with Crippen molar-refractivity contribution >= 4 is 11.6 Å². The van der Waals surface area contributed by atoms with Crippen molar-refractivity contribution in [2.24, 2.45) is 0 Å². The first-order chi connectivity index (χ1) is 16.6. The molecule has 0 aliphatic carbocycles. The van der Waals surface area contributed by atoms with Crippen LogP contribution in [0.15, 0.2) is 91.8 Å². The fourth-order valence-corrected chi connectivity index (χ4v) is 3.56. The smallest absolute Gasteiger partial charge is 0.259 e. The summed E-state index contributed by atoms with van der Waals surface area (Å²) < 4.78 is 8.87. The minimum atomic E-state index is -0.284. The molecule has 0 saturated heterocycles. The zero-order valence-corrected chi connectivity index (χ0v) is 18.7. The van der Waals surface area contributed by atoms with Crippen molar-refractivity contribution in [3.63, 3.8) is 0 Å². The standard InChI is InChI=1S/C26H22N6O2/c1-18-6-9-21(10-7-18)32-16-23(25(30-32)19-4-3-5-22(14-19)34-2)26(33)29-20-8-11-24(28-15-20)31-13-12-27-17-31/h3-17H,1-2H3,(H,29,33). The van der Waals surface area contributed by atoms with E-state index < -0.39 is 0 Å². The molecule has 8 nitrogen and oxygen atoms in total. The van der Waals surface area contributed by atoms with Gasteiger partial charge in [0.05, 0.1) is 30.2 Å². The zero-order valence-electron chi connectivity index (χ0n) is 18.7. The SMILES string of the molecule is COc1cccc(-c2nn(-c3ccc(C)cc3)cc2C(=O)Nc2ccc(-n3ccnc3)nc2)c1. The van der Waals surface area contributed by atoms with Crippen molar-refractivity contribution < 1.29 is 9.53 Å². The van der Waals surface area contributed by atoms with E-state index in [1.807, 2.05) is 61.5 Å². The van der Waals surface area contributed by atoms with Gasteiger partial charge in [0.25, 0.3) is 5.91 Å². The van der Waals surface area contributed by atoms with Crippen LogP contribution in [0.25, 0.3) is 22.8 Å². The fourth-order valence-electron chi connectivity index (χ4n) is 3.56. The molecule has 2 aromatic carbocycles. The third kappa shape index (κ3) is 4.29. The Hall–Kier alpha value is -4.72. The molecule has 0 aliphatic heterocycles. The number of aromatic nitrogens is 5. The highest BCUT2D eigenvalue weighted by Gasteiger charge is 2.19. The molecule has 0 radical (unpaired) electrons. The molecule has 3 heterocycles. The highest BCUT2D eigenvalue weighted by Crippen LogP contribution is 2.28. The summed E-state index contributed by atoms with van der Waals surface area (Å²) >= 11 is 0. The van der Waals surface area contributed by atoms with Crippen molar-refractivity contribution in [3.8, 4) is 28.5 Å². The van der Waals surface area contributed by atoms with Crippen LogP contribution in [0.4, 0.5) is 5.69 Å². The van der Waals surface area contributed by atoms with Crippen molar-refractivity contribution in [1.82, 2.24) is 24.3 Å². The third-order valence-corrected chi connectivity index (χ3v) is 5.38. The third-order valence-electron chi connectivity index (χ3n) is 5.38. The van der Waals surface area contributed by atoms with Gasteiger partial charge < -0.3 is 10.1 Å². The highest BCUT2D eigenvalue weighted by molar-refractivity contribution is 6.08. The topological polar surface area (TPSA) is 86.9 Å². The van der Waals surface area contributed by atoms with Gasteiger partial charge in [-0.25, -0.2) is 14.6 Å². The van der Waals surface area contributed by atoms with Gasteiger partial charge in [-0.05, 0) is 43.3 Å². The van der Waals surface area contributed by atoms with Crippen LogP contribution in [0, 0.1) is 6.92 Å². The molecule has 0 bridgehead atoms. The Morgan fingerprint density at radius 3 is 2.62 bits per heavy atom. The van der Waals surface area contributed by atoms with Gasteiger partial charge in [0, 0.05) is 24.2 Å². The summed E-state index contributed by atoms with van der Waals surface area (Å²) in [5.74, 6) is 1.11. The van der Waals surface area contributed by atoms with Gasteiger partial charge in [-0.3, -0.25) is 9.36 Å². The summed E-state index contributed by atoms with van der Waals surface area (Å²) in [6.07, 6.45) is 8.51. The minimum absolute atomic E-state index is 0.284. The first kappa shape index (κ1) is 21.1. The number of rotatable bonds is 6. The minimum Gasteiger partial charge on any atom is -0.497 e. The van der Waals surface area contributed by atoms with Crippen molar-refractivity contribution in [2.45, 2.75) is 6.92 Å². The second-order valence-electron chi connectivity index (χ2n) is 7.73. The number of amides is 1. The molecule has 0 spiro atoms. The maximum atomic E-state index is 13.3. The molecule has 5 aromatic rings. The van der Waals surface area contributed by atoms with E-state index >= 15 is 0 Å². The Morgan fingerprint density at radius 1 is 1.06 bits per heavy atom. The lowest BCUT2D eigenvalue weighted by molar-refractivity contribution is 0.102. The van der Waals surface area contributed by atoms with E-state index in [2.05, 4.69) is 15.3 Å². The number of nitrogens with zero attached hydrogens (tertiary/aromatic N) is 5. The first-order valence-electron chi connectivity index (χ1n) is 10.7. The quantitative estimate of drug-likeness (QED) is 0.406. The van der Waals surface area contributed by atoms with Gasteiger partial charge in [0.2, 0.25) is 0 Å². The number of aryl methyl sites for hydroxylation is 1. The van der Waals surface area contributed by atoms with Crippen LogP contribution in [-0.4, -0.2) is 37.3 Å². The van der Waals surface area contributed by atoms with Gasteiger partial charge in [-0.1, -0.05) is 29.8 Å². The summed E-state index contributed by atoms with van der Waals surface area (Å²) in [7, 11) is 1.61. The average molecular weight is 451 g/mol. The van der Waals surface area contributed by atoms with Crippen LogP contribution >= 0.6 is 0 Å². The van der Waals surface area contributed by atoms with Crippen LogP contribution in [-0.2, 0) is 0 Å². The second kappa shape index (κ2) is 9.03. The number of benzene rings is 2. The molecule has 0 unspecified atom stereocenters. The molecule has 168 valence electrons. The van der Waals surface area contributed by atoms with Crippen LogP contribution in [0.1, 0.15) is 15.9 Å². The van der Waals surface area contributed by atoms with Crippen molar-refractivity contribution in [2.75, 3.05) is 12.4 Å². The summed E-state index contributed by atoms with van der Waals surface area (Å²) in [4.78, 5) is 21.8. The molecular weight excluding hydrogens is 428 g/mol. The lowest BCUT2D eigenvalue weighted by atomic mass is 10.1. The summed E-state index contributed by atoms with van der Waals surface area (Å²) in [6.45, 7) is 2.03. The number of anilines is 1. The maximum absolute atomic E-state index is 13.3. The lowest BCUT2D eigenvalue weighted by Crippen LogP contribution is -2.12. The van der Waals surface area contributed by atoms with E-state index in [9.17, 15) is 4.79 Å². The van der Waals surface area contributed by atoms with E-state index in [0.717, 1.165) is 16.8 Å². The van der Waals surface area contributed by atoms with E-state index in [1.165, 1.54) is 0 Å². The molecule has 0 atom stereocenters. The van der Waals surface area contributed by atoms with E-state index in [-0.39, 0.29) is 5.91 Å². The number of hydrogen-bond acceptors (Lipinski definition) is 5. The summed E-state index contributed by atoms with van der Waals surface area (Å²) in [6, 6.07) is 19.1. The second-order valence-corrected chi connectivity index (χ2v) is 7.73. The molecule has 1 amide bonds. The van der Waals surface area contributed by atoms with Crippen LogP contribution < -0.4 is 10.1 Å². The van der Waals surface area contributed by atoms with Gasteiger partial charge >= 0.3 is 0 Å². The fraction of sp³-hybridized carbons (Fsp3) is 0.0769. The molecule has 0 fully saturated rings. The van der Waals surface area contributed by atoms with Gasteiger partial charge in [-0.15, -0.1) is 0 Å². The first-order valence-corrected chi connectivity index (χ1v) is 10.7. The van der Waals surface area contributed by atoms with Crippen LogP contribution in [0.3, 0.4) is 0 Å². The van der Waals surface area contributed by atoms with Gasteiger partial charge in [0.1, 0.15) is 23.6 Å². The Bertz CT molecular complexity index is 1420. The zero-order chi connectivity index (χ0) is 23.5. The van der Waals surface area contributed by atoms with Crippen molar-refractivity contribution in [1.29, 1.82) is 0 Å². The van der Waals surface area contributed by atoms with Gasteiger partial charge in [0.15, 0.2) is 0 Å². The molecule has 5 rings (SSSR count). The largest absolute Gasteiger partial charge is 0.497 e. The van der Waals surface area contributed by atoms with Crippen molar-refractivity contribution in [3.05, 3.63) is 103 Å². The molecule has 34 heavy (non-hydrogen) atoms. The number of pyridine rings is 1. The molecule has 1 N–H and O–H groups in total. The highest BCUT2D eigenvalue weighted by atomic mass is 16.5. The Kier molecular flexibility index (Phi) is 5.61. The van der Waals surface area contributed by atoms with Gasteiger partial charge in [-0.2, -0.15) is 5.10 Å². The molecule has 8 heteroatoms. The average Bonchev–Trinajstić information content (AvgIpc) is 3.56. The number of ether oxygens (including phenoxy) is 1. The Labute approximate surface area is 196 Å². The predicted molar refractivity (Wildman–Crippen MR) is 130 cm³/mol. The normalized spacial score (nSPS) is 10.8. The number of hydrogen-bond donors (Lipinski definition) is 1. The maximum Gasteiger partial charge on any atom is 0.259 e. The van der Waals surface area contributed by atoms with Crippen LogP contribution in [0.5, 0.6) is 5.75 Å². The predicted octanol–water partition coefficient (Wildman–Crippen LogP) is 4.69.